The Morgan fingerprint density at radius 1 is 0.475 bits per heavy atom. The molecule has 1 aliphatic rings. The van der Waals surface area contributed by atoms with E-state index in [4.69, 9.17) is 10.3 Å². The lowest BCUT2D eigenvalue weighted by molar-refractivity contribution is -0.319. The highest BCUT2D eigenvalue weighted by molar-refractivity contribution is 6.16. The van der Waals surface area contributed by atoms with E-state index >= 15 is 0 Å². The van der Waals surface area contributed by atoms with Gasteiger partial charge in [0.15, 0.2) is 0 Å². The average Bonchev–Trinajstić information content (AvgIpc) is 3.01. The SMILES string of the molecule is N#Cc1ccc(-c2ccc3ccc(-c4ccc(C5=[N+](c6ccccc6)C(c6ccccc6)=N5)cc4)cc3c2)cc1. The van der Waals surface area contributed by atoms with Gasteiger partial charge in [-0.2, -0.15) is 9.84 Å². The quantitative estimate of drug-likeness (QED) is 0.214. The van der Waals surface area contributed by atoms with Crippen molar-refractivity contribution in [2.45, 2.75) is 0 Å². The zero-order valence-electron chi connectivity index (χ0n) is 21.7. The summed E-state index contributed by atoms with van der Waals surface area (Å²) in [5.41, 5.74) is 8.52. The fourth-order valence-electron chi connectivity index (χ4n) is 5.21. The van der Waals surface area contributed by atoms with E-state index in [2.05, 4.69) is 108 Å². The molecule has 6 aromatic rings. The van der Waals surface area contributed by atoms with Crippen LogP contribution < -0.4 is 0 Å². The molecule has 0 saturated carbocycles. The van der Waals surface area contributed by atoms with Gasteiger partial charge in [0.05, 0.1) is 22.8 Å². The number of nitriles is 1. The van der Waals surface area contributed by atoms with Gasteiger partial charge in [-0.15, -0.1) is 0 Å². The maximum Gasteiger partial charge on any atom is 0.279 e. The minimum atomic E-state index is 0.671. The molecule has 3 nitrogen and oxygen atoms in total. The van der Waals surface area contributed by atoms with Crippen LogP contribution in [-0.4, -0.2) is 16.2 Å². The third-order valence-corrected chi connectivity index (χ3v) is 7.35. The van der Waals surface area contributed by atoms with E-state index in [1.165, 1.54) is 16.3 Å². The zero-order chi connectivity index (χ0) is 26.9. The molecule has 0 radical (unpaired) electrons. The molecule has 186 valence electrons. The molecule has 7 rings (SSSR count). The van der Waals surface area contributed by atoms with Gasteiger partial charge in [-0.05, 0) is 93.7 Å². The fourth-order valence-corrected chi connectivity index (χ4v) is 5.21. The first-order chi connectivity index (χ1) is 19.8. The second-order valence-corrected chi connectivity index (χ2v) is 9.84. The van der Waals surface area contributed by atoms with Crippen LogP contribution in [0.25, 0.3) is 33.0 Å². The summed E-state index contributed by atoms with van der Waals surface area (Å²) in [6.45, 7) is 0. The number of hydrogen-bond donors (Lipinski definition) is 0. The molecule has 1 heterocycles. The van der Waals surface area contributed by atoms with Gasteiger partial charge in [0.1, 0.15) is 5.69 Å². The van der Waals surface area contributed by atoms with Crippen molar-refractivity contribution in [3.8, 4) is 28.3 Å². The van der Waals surface area contributed by atoms with Gasteiger partial charge in [-0.25, -0.2) is 0 Å². The third kappa shape index (κ3) is 4.28. The number of para-hydroxylation sites is 1. The summed E-state index contributed by atoms with van der Waals surface area (Å²) in [4.78, 5) is 4.95. The van der Waals surface area contributed by atoms with Crippen LogP contribution >= 0.6 is 0 Å². The van der Waals surface area contributed by atoms with Crippen LogP contribution in [0.1, 0.15) is 16.7 Å². The predicted octanol–water partition coefficient (Wildman–Crippen LogP) is 8.60. The average molecular weight is 511 g/mol. The normalized spacial score (nSPS) is 12.5. The molecule has 0 aliphatic carbocycles. The molecule has 6 aromatic carbocycles. The fraction of sp³-hybridized carbons (Fsp3) is 0. The smallest absolute Gasteiger partial charge is 0.192 e. The second kappa shape index (κ2) is 9.94. The molecule has 0 bridgehead atoms. The molecule has 3 heteroatoms. The summed E-state index contributed by atoms with van der Waals surface area (Å²) in [5.74, 6) is 1.90. The van der Waals surface area contributed by atoms with Crippen molar-refractivity contribution in [1.82, 2.24) is 0 Å². The van der Waals surface area contributed by atoms with Crippen molar-refractivity contribution in [2.75, 3.05) is 0 Å². The molecular weight excluding hydrogens is 486 g/mol. The number of amidine groups is 2. The van der Waals surface area contributed by atoms with Gasteiger partial charge in [0.2, 0.25) is 0 Å². The Morgan fingerprint density at radius 2 is 1.00 bits per heavy atom. The molecule has 1 aliphatic heterocycles. The first-order valence-electron chi connectivity index (χ1n) is 13.3. The van der Waals surface area contributed by atoms with Gasteiger partial charge in [-0.1, -0.05) is 89.9 Å². The molecule has 40 heavy (non-hydrogen) atoms. The first kappa shape index (κ1) is 23.5. The monoisotopic (exact) mass is 510 g/mol. The highest BCUT2D eigenvalue weighted by atomic mass is 15.2. The highest BCUT2D eigenvalue weighted by Gasteiger charge is 2.32. The molecular formula is C37H24N3+. The molecule has 0 atom stereocenters. The number of benzene rings is 6. The Bertz CT molecular complexity index is 1960. The lowest BCUT2D eigenvalue weighted by Crippen LogP contribution is -2.34. The number of fused-ring (bicyclic) bond motifs is 1. The first-order valence-corrected chi connectivity index (χ1v) is 13.3. The van der Waals surface area contributed by atoms with Crippen LogP contribution in [0.4, 0.5) is 5.69 Å². The van der Waals surface area contributed by atoms with E-state index in [0.717, 1.165) is 45.2 Å². The van der Waals surface area contributed by atoms with Gasteiger partial charge >= 0.3 is 0 Å². The summed E-state index contributed by atoms with van der Waals surface area (Å²) in [6.07, 6.45) is 0. The van der Waals surface area contributed by atoms with Gasteiger partial charge < -0.3 is 0 Å². The van der Waals surface area contributed by atoms with Gasteiger partial charge in [-0.3, -0.25) is 0 Å². The Balaban J connectivity index is 1.22. The third-order valence-electron chi connectivity index (χ3n) is 7.35. The van der Waals surface area contributed by atoms with Crippen molar-refractivity contribution in [2.24, 2.45) is 4.99 Å². The van der Waals surface area contributed by atoms with Crippen LogP contribution in [0, 0.1) is 11.3 Å². The largest absolute Gasteiger partial charge is 0.279 e. The summed E-state index contributed by atoms with van der Waals surface area (Å²) in [6, 6.07) is 52.4. The Morgan fingerprint density at radius 3 is 1.60 bits per heavy atom. The van der Waals surface area contributed by atoms with Gasteiger partial charge in [0, 0.05) is 0 Å². The zero-order valence-corrected chi connectivity index (χ0v) is 21.7. The Hall–Kier alpha value is -5.59. The van der Waals surface area contributed by atoms with E-state index < -0.39 is 0 Å². The van der Waals surface area contributed by atoms with Crippen molar-refractivity contribution < 1.29 is 4.58 Å². The molecule has 0 spiro atoms. The van der Waals surface area contributed by atoms with E-state index in [-0.39, 0.29) is 0 Å². The molecule has 0 fully saturated rings. The van der Waals surface area contributed by atoms with Crippen LogP contribution in [-0.2, 0) is 0 Å². The molecule has 0 amide bonds. The Kier molecular flexibility index (Phi) is 5.85. The number of hydrogen-bond acceptors (Lipinski definition) is 2. The maximum atomic E-state index is 9.11. The summed E-state index contributed by atoms with van der Waals surface area (Å²) < 4.78 is 2.23. The number of rotatable bonds is 5. The van der Waals surface area contributed by atoms with Crippen LogP contribution in [0.5, 0.6) is 0 Å². The van der Waals surface area contributed by atoms with Crippen molar-refractivity contribution in [3.05, 3.63) is 162 Å². The predicted molar refractivity (Wildman–Crippen MR) is 163 cm³/mol. The van der Waals surface area contributed by atoms with E-state index in [1.807, 2.05) is 48.5 Å². The van der Waals surface area contributed by atoms with E-state index in [1.54, 1.807) is 0 Å². The lowest BCUT2D eigenvalue weighted by Gasteiger charge is -2.19. The lowest BCUT2D eigenvalue weighted by atomic mass is 9.96. The number of nitrogens with zero attached hydrogens (tertiary/aromatic N) is 3. The minimum Gasteiger partial charge on any atom is -0.192 e. The van der Waals surface area contributed by atoms with Crippen LogP contribution in [0.2, 0.25) is 0 Å². The standard InChI is InChI=1S/C37H24N3/c38-25-26-11-13-27(14-12-26)32-21-17-29-18-22-33(24-34(29)23-32)28-15-19-31(20-16-28)37-39-36(30-7-3-1-4-8-30)40(37)35-9-5-2-6-10-35/h1-24H/q+1. The topological polar surface area (TPSA) is 39.2 Å². The van der Waals surface area contributed by atoms with Crippen molar-refractivity contribution in [3.63, 3.8) is 0 Å². The van der Waals surface area contributed by atoms with Crippen LogP contribution in [0.15, 0.2) is 151 Å². The van der Waals surface area contributed by atoms with E-state index in [9.17, 15) is 0 Å². The van der Waals surface area contributed by atoms with Gasteiger partial charge in [0.25, 0.3) is 11.7 Å². The number of aliphatic imine (C=N–C) groups is 1. The Labute approximate surface area is 233 Å². The maximum absolute atomic E-state index is 9.11. The van der Waals surface area contributed by atoms with E-state index in [0.29, 0.717) is 5.56 Å². The summed E-state index contributed by atoms with van der Waals surface area (Å²) >= 11 is 0. The molecule has 0 saturated heterocycles. The second-order valence-electron chi connectivity index (χ2n) is 9.84. The molecule has 0 unspecified atom stereocenters. The highest BCUT2D eigenvalue weighted by Crippen LogP contribution is 2.30. The van der Waals surface area contributed by atoms with Crippen molar-refractivity contribution in [1.29, 1.82) is 5.26 Å². The summed E-state index contributed by atoms with van der Waals surface area (Å²) in [5, 5.41) is 11.5. The minimum absolute atomic E-state index is 0.671. The summed E-state index contributed by atoms with van der Waals surface area (Å²) in [7, 11) is 0. The van der Waals surface area contributed by atoms with Crippen molar-refractivity contribution >= 4 is 28.1 Å². The van der Waals surface area contributed by atoms with Crippen LogP contribution in [0.3, 0.4) is 0 Å². The molecule has 0 aromatic heterocycles. The molecule has 0 N–H and O–H groups in total.